The third-order valence-corrected chi connectivity index (χ3v) is 2.88. The maximum absolute atomic E-state index is 11.0. The van der Waals surface area contributed by atoms with Gasteiger partial charge in [0.15, 0.2) is 0 Å². The Balaban J connectivity index is 2.63. The van der Waals surface area contributed by atoms with Crippen LogP contribution in [0.15, 0.2) is 12.1 Å². The fourth-order valence-electron chi connectivity index (χ4n) is 1.85. The van der Waals surface area contributed by atoms with Gasteiger partial charge in [-0.3, -0.25) is 4.79 Å². The molecule has 1 aromatic carbocycles. The number of nitrogens with one attached hydrogen (secondary N) is 1. The summed E-state index contributed by atoms with van der Waals surface area (Å²) in [5, 5.41) is 3.25. The Morgan fingerprint density at radius 2 is 1.95 bits per heavy atom. The molecule has 0 bridgehead atoms. The average molecular weight is 267 g/mol. The fraction of sp³-hybridized carbons (Fsp3) is 0.500. The smallest absolute Gasteiger partial charge is 0.305 e. The number of carbonyl (C=O) groups excluding carboxylic acids is 1. The predicted molar refractivity (Wildman–Crippen MR) is 74.0 cm³/mol. The Morgan fingerprint density at radius 1 is 1.21 bits per heavy atom. The number of anilines is 1. The van der Waals surface area contributed by atoms with Crippen molar-refractivity contribution >= 4 is 11.7 Å². The number of carbonyl (C=O) groups is 1. The third kappa shape index (κ3) is 4.05. The molecular weight excluding hydrogens is 246 g/mol. The van der Waals surface area contributed by atoms with E-state index in [0.717, 1.165) is 22.7 Å². The van der Waals surface area contributed by atoms with Crippen LogP contribution in [0.5, 0.6) is 11.5 Å². The minimum absolute atomic E-state index is 0.195. The molecule has 0 spiro atoms. The first-order valence-corrected chi connectivity index (χ1v) is 6.16. The second-order valence-electron chi connectivity index (χ2n) is 4.08. The van der Waals surface area contributed by atoms with Gasteiger partial charge < -0.3 is 19.5 Å². The Morgan fingerprint density at radius 3 is 2.53 bits per heavy atom. The van der Waals surface area contributed by atoms with Crippen molar-refractivity contribution in [2.45, 2.75) is 19.8 Å². The van der Waals surface area contributed by atoms with Crippen LogP contribution in [0.25, 0.3) is 0 Å². The minimum atomic E-state index is -0.195. The van der Waals surface area contributed by atoms with Crippen molar-refractivity contribution < 1.29 is 19.0 Å². The molecule has 0 fully saturated rings. The molecule has 0 unspecified atom stereocenters. The summed E-state index contributed by atoms with van der Waals surface area (Å²) in [5.74, 6) is 1.36. The Labute approximate surface area is 113 Å². The van der Waals surface area contributed by atoms with Gasteiger partial charge in [-0.1, -0.05) is 0 Å². The van der Waals surface area contributed by atoms with E-state index in [0.29, 0.717) is 19.4 Å². The van der Waals surface area contributed by atoms with Gasteiger partial charge in [0.2, 0.25) is 0 Å². The molecule has 0 amide bonds. The van der Waals surface area contributed by atoms with Gasteiger partial charge in [0.25, 0.3) is 0 Å². The van der Waals surface area contributed by atoms with Crippen molar-refractivity contribution in [1.82, 2.24) is 0 Å². The zero-order valence-corrected chi connectivity index (χ0v) is 11.9. The van der Waals surface area contributed by atoms with E-state index in [1.54, 1.807) is 14.2 Å². The van der Waals surface area contributed by atoms with Crippen molar-refractivity contribution in [3.63, 3.8) is 0 Å². The molecule has 1 N–H and O–H groups in total. The van der Waals surface area contributed by atoms with Crippen LogP contribution < -0.4 is 14.8 Å². The summed E-state index contributed by atoms with van der Waals surface area (Å²) in [7, 11) is 4.65. The van der Waals surface area contributed by atoms with Crippen LogP contribution in [0.3, 0.4) is 0 Å². The highest BCUT2D eigenvalue weighted by Crippen LogP contribution is 2.34. The third-order valence-electron chi connectivity index (χ3n) is 2.88. The molecule has 0 aromatic heterocycles. The highest BCUT2D eigenvalue weighted by molar-refractivity contribution is 5.69. The summed E-state index contributed by atoms with van der Waals surface area (Å²) in [6, 6.07) is 3.79. The van der Waals surface area contributed by atoms with Gasteiger partial charge in [-0.05, 0) is 25.5 Å². The molecule has 0 aliphatic rings. The quantitative estimate of drug-likeness (QED) is 0.607. The highest BCUT2D eigenvalue weighted by atomic mass is 16.5. The molecule has 0 atom stereocenters. The molecule has 0 aliphatic heterocycles. The monoisotopic (exact) mass is 267 g/mol. The lowest BCUT2D eigenvalue weighted by molar-refractivity contribution is -0.140. The van der Waals surface area contributed by atoms with Crippen LogP contribution in [-0.4, -0.2) is 33.8 Å². The number of esters is 1. The van der Waals surface area contributed by atoms with E-state index >= 15 is 0 Å². The molecule has 5 heteroatoms. The molecule has 19 heavy (non-hydrogen) atoms. The first kappa shape index (κ1) is 15.1. The summed E-state index contributed by atoms with van der Waals surface area (Å²) in [6.07, 6.45) is 1.11. The number of hydrogen-bond acceptors (Lipinski definition) is 5. The number of methoxy groups -OCH3 is 3. The summed E-state index contributed by atoms with van der Waals surface area (Å²) in [6.45, 7) is 2.62. The van der Waals surface area contributed by atoms with Crippen molar-refractivity contribution in [3.05, 3.63) is 17.7 Å². The predicted octanol–water partition coefficient (Wildman–Crippen LogP) is 2.38. The van der Waals surface area contributed by atoms with Crippen LogP contribution in [0.2, 0.25) is 0 Å². The van der Waals surface area contributed by atoms with E-state index in [2.05, 4.69) is 10.1 Å². The minimum Gasteiger partial charge on any atom is -0.496 e. The SMILES string of the molecule is COC(=O)CCCNc1ccc(OC)c(C)c1OC. The summed E-state index contributed by atoms with van der Waals surface area (Å²) >= 11 is 0. The second kappa shape index (κ2) is 7.51. The molecule has 0 saturated heterocycles. The van der Waals surface area contributed by atoms with Gasteiger partial charge in [-0.15, -0.1) is 0 Å². The number of rotatable bonds is 7. The zero-order chi connectivity index (χ0) is 14.3. The maximum atomic E-state index is 11.0. The molecular formula is C14H21NO4. The lowest BCUT2D eigenvalue weighted by Crippen LogP contribution is -2.08. The lowest BCUT2D eigenvalue weighted by atomic mass is 10.1. The normalized spacial score (nSPS) is 9.89. The van der Waals surface area contributed by atoms with Crippen LogP contribution in [-0.2, 0) is 9.53 Å². The van der Waals surface area contributed by atoms with Crippen LogP contribution in [0.4, 0.5) is 5.69 Å². The van der Waals surface area contributed by atoms with Crippen molar-refractivity contribution in [1.29, 1.82) is 0 Å². The van der Waals surface area contributed by atoms with E-state index in [1.807, 2.05) is 19.1 Å². The van der Waals surface area contributed by atoms with Gasteiger partial charge in [-0.2, -0.15) is 0 Å². The second-order valence-corrected chi connectivity index (χ2v) is 4.08. The van der Waals surface area contributed by atoms with Gasteiger partial charge in [-0.25, -0.2) is 0 Å². The van der Waals surface area contributed by atoms with E-state index in [1.165, 1.54) is 7.11 Å². The molecule has 5 nitrogen and oxygen atoms in total. The molecule has 0 saturated carbocycles. The van der Waals surface area contributed by atoms with Crippen molar-refractivity contribution in [3.8, 4) is 11.5 Å². The summed E-state index contributed by atoms with van der Waals surface area (Å²) in [4.78, 5) is 11.0. The molecule has 0 radical (unpaired) electrons. The fourth-order valence-corrected chi connectivity index (χ4v) is 1.85. The standard InChI is InChI=1S/C14H21NO4/c1-10-12(17-2)8-7-11(14(10)19-4)15-9-5-6-13(16)18-3/h7-8,15H,5-6,9H2,1-4H3. The van der Waals surface area contributed by atoms with Crippen molar-refractivity contribution in [2.24, 2.45) is 0 Å². The van der Waals surface area contributed by atoms with E-state index < -0.39 is 0 Å². The number of ether oxygens (including phenoxy) is 3. The summed E-state index contributed by atoms with van der Waals surface area (Å²) in [5.41, 5.74) is 1.84. The first-order valence-electron chi connectivity index (χ1n) is 6.16. The molecule has 1 rings (SSSR count). The van der Waals surface area contributed by atoms with Crippen LogP contribution in [0.1, 0.15) is 18.4 Å². The molecule has 1 aromatic rings. The first-order chi connectivity index (χ1) is 9.13. The lowest BCUT2D eigenvalue weighted by Gasteiger charge is -2.15. The largest absolute Gasteiger partial charge is 0.496 e. The van der Waals surface area contributed by atoms with E-state index in [-0.39, 0.29) is 5.97 Å². The van der Waals surface area contributed by atoms with Gasteiger partial charge in [0.1, 0.15) is 11.5 Å². The Bertz CT molecular complexity index is 432. The van der Waals surface area contributed by atoms with E-state index in [9.17, 15) is 4.79 Å². The molecule has 0 aliphatic carbocycles. The summed E-state index contributed by atoms with van der Waals surface area (Å²) < 4.78 is 15.2. The number of hydrogen-bond donors (Lipinski definition) is 1. The topological polar surface area (TPSA) is 56.8 Å². The van der Waals surface area contributed by atoms with Crippen LogP contribution >= 0.6 is 0 Å². The molecule has 106 valence electrons. The molecule has 0 heterocycles. The van der Waals surface area contributed by atoms with Gasteiger partial charge in [0.05, 0.1) is 27.0 Å². The maximum Gasteiger partial charge on any atom is 0.305 e. The average Bonchev–Trinajstić information content (AvgIpc) is 2.43. The van der Waals surface area contributed by atoms with Crippen LogP contribution in [0, 0.1) is 6.92 Å². The van der Waals surface area contributed by atoms with Gasteiger partial charge in [0, 0.05) is 18.5 Å². The van der Waals surface area contributed by atoms with Crippen molar-refractivity contribution in [2.75, 3.05) is 33.2 Å². The Hall–Kier alpha value is -1.91. The zero-order valence-electron chi connectivity index (χ0n) is 11.9. The Kier molecular flexibility index (Phi) is 5.99. The highest BCUT2D eigenvalue weighted by Gasteiger charge is 2.10. The van der Waals surface area contributed by atoms with Gasteiger partial charge >= 0.3 is 5.97 Å². The number of benzene rings is 1. The van der Waals surface area contributed by atoms with E-state index in [4.69, 9.17) is 9.47 Å².